The maximum Gasteiger partial charge on any atom is 0.337 e. The number of nitrogens with one attached hydrogen (secondary N) is 1. The lowest BCUT2D eigenvalue weighted by Crippen LogP contribution is -2.17. The number of rotatable bonds is 6. The van der Waals surface area contributed by atoms with Gasteiger partial charge in [-0.25, -0.2) is 10.2 Å². The summed E-state index contributed by atoms with van der Waals surface area (Å²) in [6.45, 7) is 3.81. The number of methoxy groups -OCH3 is 1. The van der Waals surface area contributed by atoms with Crippen LogP contribution in [0, 0.1) is 13.8 Å². The van der Waals surface area contributed by atoms with Crippen molar-refractivity contribution in [3.05, 3.63) is 81.6 Å². The van der Waals surface area contributed by atoms with Gasteiger partial charge in [0, 0.05) is 28.2 Å². The van der Waals surface area contributed by atoms with Crippen LogP contribution in [-0.4, -0.2) is 34.9 Å². The van der Waals surface area contributed by atoms with Crippen molar-refractivity contribution in [3.8, 4) is 11.4 Å². The zero-order chi connectivity index (χ0) is 21.8. The highest BCUT2D eigenvalue weighted by atomic mass is 35.5. The van der Waals surface area contributed by atoms with Crippen LogP contribution < -0.4 is 10.2 Å². The molecule has 0 spiro atoms. The molecule has 30 heavy (non-hydrogen) atoms. The summed E-state index contributed by atoms with van der Waals surface area (Å²) in [5, 5.41) is 13.4. The van der Waals surface area contributed by atoms with Crippen molar-refractivity contribution >= 4 is 29.7 Å². The van der Waals surface area contributed by atoms with Crippen LogP contribution in [-0.2, 0) is 0 Å². The highest BCUT2D eigenvalue weighted by Crippen LogP contribution is 2.25. The number of aryl methyl sites for hydroxylation is 1. The lowest BCUT2D eigenvalue weighted by Gasteiger charge is -2.11. The topological polar surface area (TPSA) is 92.9 Å². The van der Waals surface area contributed by atoms with Gasteiger partial charge in [-0.3, -0.25) is 4.79 Å². The largest absolute Gasteiger partial charge is 0.497 e. The van der Waals surface area contributed by atoms with Gasteiger partial charge in [0.15, 0.2) is 0 Å². The highest BCUT2D eigenvalue weighted by Gasteiger charge is 2.14. The van der Waals surface area contributed by atoms with Crippen molar-refractivity contribution in [1.29, 1.82) is 0 Å². The molecule has 0 bridgehead atoms. The highest BCUT2D eigenvalue weighted by molar-refractivity contribution is 6.33. The van der Waals surface area contributed by atoms with Crippen molar-refractivity contribution in [2.45, 2.75) is 13.8 Å². The molecular formula is C22H20ClN3O4. The quantitative estimate of drug-likeness (QED) is 0.457. The number of carboxylic acids is 1. The van der Waals surface area contributed by atoms with Crippen molar-refractivity contribution in [3.63, 3.8) is 0 Å². The molecule has 0 radical (unpaired) electrons. The molecule has 1 heterocycles. The Kier molecular flexibility index (Phi) is 6.23. The average molecular weight is 426 g/mol. The van der Waals surface area contributed by atoms with E-state index in [1.54, 1.807) is 42.6 Å². The third kappa shape index (κ3) is 4.36. The molecule has 0 aliphatic carbocycles. The first-order chi connectivity index (χ1) is 14.3. The molecule has 3 rings (SSSR count). The number of carbonyl (C=O) groups is 2. The molecule has 1 amide bonds. The van der Waals surface area contributed by atoms with Crippen LogP contribution in [0.3, 0.4) is 0 Å². The molecule has 2 aromatic carbocycles. The summed E-state index contributed by atoms with van der Waals surface area (Å²) in [4.78, 5) is 23.4. The maximum atomic E-state index is 12.3. The third-order valence-corrected chi connectivity index (χ3v) is 4.93. The number of carbonyl (C=O) groups excluding carboxylic acids is 1. The molecular weight excluding hydrogens is 406 g/mol. The molecule has 154 valence electrons. The Morgan fingerprint density at radius 3 is 2.60 bits per heavy atom. The number of amides is 1. The van der Waals surface area contributed by atoms with Crippen LogP contribution in [0.15, 0.2) is 53.6 Å². The van der Waals surface area contributed by atoms with Gasteiger partial charge in [-0.15, -0.1) is 0 Å². The Hall–Kier alpha value is -3.58. The molecule has 1 aromatic heterocycles. The van der Waals surface area contributed by atoms with Gasteiger partial charge in [-0.1, -0.05) is 17.7 Å². The average Bonchev–Trinajstić information content (AvgIpc) is 3.00. The summed E-state index contributed by atoms with van der Waals surface area (Å²) in [5.41, 5.74) is 6.30. The zero-order valence-corrected chi connectivity index (χ0v) is 17.4. The van der Waals surface area contributed by atoms with E-state index in [0.29, 0.717) is 11.3 Å². The summed E-state index contributed by atoms with van der Waals surface area (Å²) < 4.78 is 7.05. The van der Waals surface area contributed by atoms with Crippen molar-refractivity contribution < 1.29 is 19.4 Å². The number of aromatic nitrogens is 1. The smallest absolute Gasteiger partial charge is 0.337 e. The SMILES string of the molecule is COc1cccc(C(=O)N/N=C\c2cc(C)n(-c3ccc(C(=O)O)c(Cl)c3)c2C)c1. The van der Waals surface area contributed by atoms with E-state index in [9.17, 15) is 9.59 Å². The number of hydrogen-bond donors (Lipinski definition) is 2. The van der Waals surface area contributed by atoms with E-state index in [0.717, 1.165) is 22.6 Å². The molecule has 0 aliphatic rings. The van der Waals surface area contributed by atoms with E-state index < -0.39 is 5.97 Å². The maximum absolute atomic E-state index is 12.3. The van der Waals surface area contributed by atoms with Gasteiger partial charge >= 0.3 is 5.97 Å². The lowest BCUT2D eigenvalue weighted by atomic mass is 10.2. The van der Waals surface area contributed by atoms with E-state index in [4.69, 9.17) is 21.4 Å². The first kappa shape index (κ1) is 21.1. The number of carboxylic acid groups (broad SMARTS) is 1. The number of nitrogens with zero attached hydrogens (tertiary/aromatic N) is 2. The molecule has 3 aromatic rings. The van der Waals surface area contributed by atoms with Crippen LogP contribution in [0.5, 0.6) is 5.75 Å². The van der Waals surface area contributed by atoms with Crippen LogP contribution in [0.2, 0.25) is 5.02 Å². The van der Waals surface area contributed by atoms with Crippen molar-refractivity contribution in [2.75, 3.05) is 7.11 Å². The van der Waals surface area contributed by atoms with Crippen LogP contribution in [0.1, 0.15) is 37.7 Å². The molecule has 0 unspecified atom stereocenters. The molecule has 0 aliphatic heterocycles. The number of hydrogen-bond acceptors (Lipinski definition) is 4. The van der Waals surface area contributed by atoms with Gasteiger partial charge < -0.3 is 14.4 Å². The molecule has 0 saturated carbocycles. The molecule has 0 atom stereocenters. The Morgan fingerprint density at radius 1 is 1.17 bits per heavy atom. The molecule has 0 fully saturated rings. The van der Waals surface area contributed by atoms with Gasteiger partial charge in [-0.2, -0.15) is 5.10 Å². The summed E-state index contributed by atoms with van der Waals surface area (Å²) >= 11 is 6.11. The van der Waals surface area contributed by atoms with E-state index in [2.05, 4.69) is 10.5 Å². The minimum atomic E-state index is -1.08. The molecule has 7 nitrogen and oxygen atoms in total. The zero-order valence-electron chi connectivity index (χ0n) is 16.6. The molecule has 8 heteroatoms. The van der Waals surface area contributed by atoms with Gasteiger partial charge in [0.05, 0.1) is 23.9 Å². The van der Waals surface area contributed by atoms with Crippen LogP contribution >= 0.6 is 11.6 Å². The number of aromatic carboxylic acids is 1. The normalized spacial score (nSPS) is 10.9. The van der Waals surface area contributed by atoms with Crippen LogP contribution in [0.4, 0.5) is 0 Å². The van der Waals surface area contributed by atoms with Crippen molar-refractivity contribution in [2.24, 2.45) is 5.10 Å². The summed E-state index contributed by atoms with van der Waals surface area (Å²) in [5.74, 6) is -0.843. The Balaban J connectivity index is 1.81. The van der Waals surface area contributed by atoms with E-state index in [1.165, 1.54) is 13.2 Å². The van der Waals surface area contributed by atoms with Crippen LogP contribution in [0.25, 0.3) is 5.69 Å². The number of hydrazone groups is 1. The fourth-order valence-corrected chi connectivity index (χ4v) is 3.38. The molecule has 0 saturated heterocycles. The minimum absolute atomic E-state index is 0.0462. The predicted octanol–water partition coefficient (Wildman–Crippen LogP) is 4.22. The van der Waals surface area contributed by atoms with Gasteiger partial charge in [0.2, 0.25) is 0 Å². The van der Waals surface area contributed by atoms with E-state index in [1.807, 2.05) is 24.5 Å². The van der Waals surface area contributed by atoms with E-state index >= 15 is 0 Å². The second-order valence-corrected chi connectivity index (χ2v) is 6.97. The first-order valence-corrected chi connectivity index (χ1v) is 9.39. The lowest BCUT2D eigenvalue weighted by molar-refractivity contribution is 0.0697. The minimum Gasteiger partial charge on any atom is -0.497 e. The third-order valence-electron chi connectivity index (χ3n) is 4.61. The Labute approximate surface area is 178 Å². The fraction of sp³-hybridized carbons (Fsp3) is 0.136. The van der Waals surface area contributed by atoms with Crippen molar-refractivity contribution in [1.82, 2.24) is 9.99 Å². The first-order valence-electron chi connectivity index (χ1n) is 9.01. The second kappa shape index (κ2) is 8.84. The van der Waals surface area contributed by atoms with E-state index in [-0.39, 0.29) is 16.5 Å². The Bertz CT molecular complexity index is 1150. The van der Waals surface area contributed by atoms with Gasteiger partial charge in [-0.05, 0) is 56.3 Å². The fourth-order valence-electron chi connectivity index (χ4n) is 3.12. The van der Waals surface area contributed by atoms with Gasteiger partial charge in [0.25, 0.3) is 5.91 Å². The Morgan fingerprint density at radius 2 is 1.93 bits per heavy atom. The predicted molar refractivity (Wildman–Crippen MR) is 115 cm³/mol. The number of ether oxygens (including phenoxy) is 1. The number of benzene rings is 2. The number of halogens is 1. The summed E-state index contributed by atoms with van der Waals surface area (Å²) in [7, 11) is 1.54. The molecule has 2 N–H and O–H groups in total. The standard InChI is InChI=1S/C22H20ClN3O4/c1-13-9-16(12-24-25-21(27)15-5-4-6-18(10-15)30-3)14(2)26(13)17-7-8-19(22(28)29)20(23)11-17/h4-12H,1-3H3,(H,25,27)(H,28,29)/b24-12-. The monoisotopic (exact) mass is 425 g/mol. The summed E-state index contributed by atoms with van der Waals surface area (Å²) in [6, 6.07) is 13.5. The summed E-state index contributed by atoms with van der Waals surface area (Å²) in [6.07, 6.45) is 1.56. The second-order valence-electron chi connectivity index (χ2n) is 6.56. The van der Waals surface area contributed by atoms with Gasteiger partial charge in [0.1, 0.15) is 5.75 Å².